The topological polar surface area (TPSA) is 23.5 Å². The molecule has 2 nitrogen and oxygen atoms in total. The average Bonchev–Trinajstić information content (AvgIpc) is 2.93. The van der Waals surface area contributed by atoms with E-state index >= 15 is 0 Å². The van der Waals surface area contributed by atoms with Crippen molar-refractivity contribution in [2.24, 2.45) is 17.8 Å². The predicted molar refractivity (Wildman–Crippen MR) is 73.2 cm³/mol. The van der Waals surface area contributed by atoms with Crippen molar-refractivity contribution >= 4 is 0 Å². The van der Waals surface area contributed by atoms with Gasteiger partial charge in [0.2, 0.25) is 0 Å². The lowest BCUT2D eigenvalue weighted by atomic mass is 9.71. The highest BCUT2D eigenvalue weighted by Crippen LogP contribution is 2.59. The van der Waals surface area contributed by atoms with Crippen LogP contribution in [-0.4, -0.2) is 30.6 Å². The van der Waals surface area contributed by atoms with Crippen LogP contribution in [0.1, 0.15) is 24.8 Å². The van der Waals surface area contributed by atoms with Gasteiger partial charge >= 0.3 is 0 Å². The van der Waals surface area contributed by atoms with Gasteiger partial charge in [0.15, 0.2) is 0 Å². The summed E-state index contributed by atoms with van der Waals surface area (Å²) in [6.07, 6.45) is 3.71. The lowest BCUT2D eigenvalue weighted by Crippen LogP contribution is -2.45. The second-order valence-electron chi connectivity index (χ2n) is 6.33. The highest BCUT2D eigenvalue weighted by molar-refractivity contribution is 5.28. The summed E-state index contributed by atoms with van der Waals surface area (Å²) in [6.45, 7) is 0.993. The molecular weight excluding hydrogens is 222 g/mol. The van der Waals surface area contributed by atoms with Crippen molar-refractivity contribution in [3.8, 4) is 0 Å². The number of nitrogens with zero attached hydrogens (tertiary/aromatic N) is 1. The Hall–Kier alpha value is -0.860. The van der Waals surface area contributed by atoms with Crippen LogP contribution in [0.3, 0.4) is 0 Å². The monoisotopic (exact) mass is 245 g/mol. The summed E-state index contributed by atoms with van der Waals surface area (Å²) < 4.78 is 0. The van der Waals surface area contributed by atoms with Crippen molar-refractivity contribution in [1.82, 2.24) is 4.90 Å². The third-order valence-corrected chi connectivity index (χ3v) is 5.03. The molecule has 98 valence electrons. The quantitative estimate of drug-likeness (QED) is 0.884. The van der Waals surface area contributed by atoms with E-state index in [2.05, 4.69) is 31.1 Å². The molecule has 3 rings (SSSR count). The van der Waals surface area contributed by atoms with Gasteiger partial charge in [0, 0.05) is 12.5 Å². The first-order chi connectivity index (χ1) is 8.62. The Morgan fingerprint density at radius 3 is 2.61 bits per heavy atom. The number of benzene rings is 1. The van der Waals surface area contributed by atoms with Crippen LogP contribution < -0.4 is 0 Å². The Balaban J connectivity index is 1.97. The molecule has 2 bridgehead atoms. The lowest BCUT2D eigenvalue weighted by molar-refractivity contribution is -0.0731. The molecule has 1 aromatic rings. The van der Waals surface area contributed by atoms with Crippen LogP contribution in [0.15, 0.2) is 30.3 Å². The molecule has 0 spiro atoms. The zero-order valence-electron chi connectivity index (χ0n) is 11.3. The zero-order valence-corrected chi connectivity index (χ0v) is 11.3. The fourth-order valence-corrected chi connectivity index (χ4v) is 4.28. The fraction of sp³-hybridized carbons (Fsp3) is 0.625. The van der Waals surface area contributed by atoms with Gasteiger partial charge in [0.1, 0.15) is 0 Å². The Labute approximate surface area is 110 Å². The summed E-state index contributed by atoms with van der Waals surface area (Å²) >= 11 is 0. The Bertz CT molecular complexity index is 416. The Morgan fingerprint density at radius 1 is 1.22 bits per heavy atom. The average molecular weight is 245 g/mol. The third kappa shape index (κ3) is 1.70. The van der Waals surface area contributed by atoms with Gasteiger partial charge in [-0.2, -0.15) is 0 Å². The van der Waals surface area contributed by atoms with E-state index in [1.54, 1.807) is 0 Å². The first-order valence-electron chi connectivity index (χ1n) is 7.05. The van der Waals surface area contributed by atoms with Crippen LogP contribution in [0.25, 0.3) is 0 Å². The van der Waals surface area contributed by atoms with E-state index in [1.165, 1.54) is 19.3 Å². The molecule has 0 heterocycles. The highest BCUT2D eigenvalue weighted by atomic mass is 16.3. The molecule has 1 N–H and O–H groups in total. The maximum Gasteiger partial charge on any atom is 0.0967 e. The largest absolute Gasteiger partial charge is 0.385 e. The van der Waals surface area contributed by atoms with E-state index in [1.807, 2.05) is 18.2 Å². The minimum Gasteiger partial charge on any atom is -0.385 e. The van der Waals surface area contributed by atoms with E-state index in [4.69, 9.17) is 0 Å². The van der Waals surface area contributed by atoms with Gasteiger partial charge in [0.05, 0.1) is 5.60 Å². The molecule has 2 saturated carbocycles. The molecule has 0 amide bonds. The van der Waals surface area contributed by atoms with Crippen molar-refractivity contribution < 1.29 is 5.11 Å². The van der Waals surface area contributed by atoms with Crippen LogP contribution in [0, 0.1) is 17.8 Å². The summed E-state index contributed by atoms with van der Waals surface area (Å²) in [5.74, 6) is 1.58. The standard InChI is InChI=1S/C16H23NO/c1-17(2)11-15-12-8-9-14(10-12)16(15,18)13-6-4-3-5-7-13/h3-7,12,14-15,18H,8-11H2,1-2H3/t12-,14+,15-,16-/m1/s1. The summed E-state index contributed by atoms with van der Waals surface area (Å²) in [4.78, 5) is 2.22. The van der Waals surface area contributed by atoms with E-state index < -0.39 is 5.60 Å². The van der Waals surface area contributed by atoms with Crippen molar-refractivity contribution in [2.45, 2.75) is 24.9 Å². The highest BCUT2D eigenvalue weighted by Gasteiger charge is 2.57. The minimum absolute atomic E-state index is 0.397. The molecule has 0 aromatic heterocycles. The molecule has 1 aromatic carbocycles. The smallest absolute Gasteiger partial charge is 0.0967 e. The number of fused-ring (bicyclic) bond motifs is 2. The first-order valence-corrected chi connectivity index (χ1v) is 7.05. The van der Waals surface area contributed by atoms with Gasteiger partial charge in [-0.1, -0.05) is 30.3 Å². The SMILES string of the molecule is CN(C)C[C@@H]1[C@@H]2CC[C@@H](C2)[C@]1(O)c1ccccc1. The van der Waals surface area contributed by atoms with E-state index in [-0.39, 0.29) is 0 Å². The normalized spacial score (nSPS) is 38.6. The summed E-state index contributed by atoms with van der Waals surface area (Å²) in [5, 5.41) is 11.3. The Kier molecular flexibility index (Phi) is 2.95. The molecule has 0 radical (unpaired) electrons. The maximum atomic E-state index is 11.3. The Morgan fingerprint density at radius 2 is 1.94 bits per heavy atom. The van der Waals surface area contributed by atoms with Gasteiger partial charge < -0.3 is 10.0 Å². The molecule has 2 heteroatoms. The van der Waals surface area contributed by atoms with E-state index in [0.29, 0.717) is 17.8 Å². The van der Waals surface area contributed by atoms with Gasteiger partial charge in [-0.15, -0.1) is 0 Å². The van der Waals surface area contributed by atoms with Crippen molar-refractivity contribution in [3.05, 3.63) is 35.9 Å². The van der Waals surface area contributed by atoms with E-state index in [9.17, 15) is 5.11 Å². The van der Waals surface area contributed by atoms with Crippen molar-refractivity contribution in [1.29, 1.82) is 0 Å². The van der Waals surface area contributed by atoms with Gasteiger partial charge in [-0.25, -0.2) is 0 Å². The lowest BCUT2D eigenvalue weighted by Gasteiger charge is -2.41. The third-order valence-electron chi connectivity index (χ3n) is 5.03. The van der Waals surface area contributed by atoms with Gasteiger partial charge in [-0.3, -0.25) is 0 Å². The second-order valence-corrected chi connectivity index (χ2v) is 6.33. The number of hydrogen-bond donors (Lipinski definition) is 1. The molecule has 0 saturated heterocycles. The van der Waals surface area contributed by atoms with Crippen LogP contribution in [0.4, 0.5) is 0 Å². The molecule has 0 aliphatic heterocycles. The van der Waals surface area contributed by atoms with Crippen molar-refractivity contribution in [3.63, 3.8) is 0 Å². The zero-order chi connectivity index (χ0) is 12.8. The summed E-state index contributed by atoms with van der Waals surface area (Å²) in [7, 11) is 4.22. The molecule has 2 aliphatic carbocycles. The summed E-state index contributed by atoms with van der Waals surface area (Å²) in [6, 6.07) is 10.3. The van der Waals surface area contributed by atoms with Crippen LogP contribution in [0.5, 0.6) is 0 Å². The van der Waals surface area contributed by atoms with Crippen LogP contribution in [0.2, 0.25) is 0 Å². The molecule has 2 fully saturated rings. The first kappa shape index (κ1) is 12.2. The number of hydrogen-bond acceptors (Lipinski definition) is 2. The molecule has 2 aliphatic rings. The molecule has 18 heavy (non-hydrogen) atoms. The van der Waals surface area contributed by atoms with Gasteiger partial charge in [-0.05, 0) is 50.8 Å². The molecular formula is C16H23NO. The fourth-order valence-electron chi connectivity index (χ4n) is 4.28. The number of rotatable bonds is 3. The van der Waals surface area contributed by atoms with Crippen molar-refractivity contribution in [2.75, 3.05) is 20.6 Å². The maximum absolute atomic E-state index is 11.3. The van der Waals surface area contributed by atoms with Gasteiger partial charge in [0.25, 0.3) is 0 Å². The summed E-state index contributed by atoms with van der Waals surface area (Å²) in [5.41, 5.74) is 0.540. The predicted octanol–water partition coefficient (Wildman–Crippen LogP) is 2.48. The van der Waals surface area contributed by atoms with Crippen LogP contribution in [-0.2, 0) is 5.60 Å². The van der Waals surface area contributed by atoms with E-state index in [0.717, 1.165) is 12.1 Å². The molecule has 0 unspecified atom stereocenters. The molecule has 4 atom stereocenters. The number of aliphatic hydroxyl groups is 1. The minimum atomic E-state index is -0.589. The second kappa shape index (κ2) is 4.36. The van der Waals surface area contributed by atoms with Crippen LogP contribution >= 0.6 is 0 Å².